The summed E-state index contributed by atoms with van der Waals surface area (Å²) in [4.78, 5) is 23.0. The lowest BCUT2D eigenvalue weighted by molar-refractivity contribution is 0.0590. The molecule has 2 heterocycles. The zero-order chi connectivity index (χ0) is 19.2. The standard InChI is InChI=1S/C21H27N3O2S/c1-16-6-7-19(17(2)15-16)27-20-18(5-4-8-22-20)21(25)24-11-9-23(10-12-24)13-14-26-3/h4-8,15H,9-14H2,1-3H3. The number of hydrogen-bond donors (Lipinski definition) is 0. The molecule has 0 atom stereocenters. The van der Waals surface area contributed by atoms with Gasteiger partial charge in [-0.1, -0.05) is 29.5 Å². The third-order valence-electron chi connectivity index (χ3n) is 4.81. The monoisotopic (exact) mass is 385 g/mol. The van der Waals surface area contributed by atoms with Crippen LogP contribution in [0.3, 0.4) is 0 Å². The molecule has 0 bridgehead atoms. The summed E-state index contributed by atoms with van der Waals surface area (Å²) in [5.74, 6) is 0.0711. The Morgan fingerprint density at radius 2 is 1.96 bits per heavy atom. The van der Waals surface area contributed by atoms with E-state index in [1.165, 1.54) is 11.1 Å². The SMILES string of the molecule is COCCN1CCN(C(=O)c2cccnc2Sc2ccc(C)cc2C)CC1. The number of carbonyl (C=O) groups is 1. The Balaban J connectivity index is 1.71. The number of nitrogens with zero attached hydrogens (tertiary/aromatic N) is 3. The number of aryl methyl sites for hydroxylation is 2. The Bertz CT molecular complexity index is 789. The molecule has 0 spiro atoms. The molecule has 0 aliphatic carbocycles. The van der Waals surface area contributed by atoms with Gasteiger partial charge < -0.3 is 9.64 Å². The van der Waals surface area contributed by atoms with Gasteiger partial charge in [0.15, 0.2) is 0 Å². The molecule has 1 saturated heterocycles. The van der Waals surface area contributed by atoms with Gasteiger partial charge in [0.1, 0.15) is 5.03 Å². The smallest absolute Gasteiger partial charge is 0.256 e. The van der Waals surface area contributed by atoms with Gasteiger partial charge >= 0.3 is 0 Å². The summed E-state index contributed by atoms with van der Waals surface area (Å²) >= 11 is 1.57. The summed E-state index contributed by atoms with van der Waals surface area (Å²) in [7, 11) is 1.72. The summed E-state index contributed by atoms with van der Waals surface area (Å²) in [5, 5.41) is 0.774. The van der Waals surface area contributed by atoms with E-state index in [2.05, 4.69) is 41.9 Å². The Hall–Kier alpha value is -1.89. The molecule has 0 radical (unpaired) electrons. The molecule has 2 aromatic rings. The maximum absolute atomic E-state index is 13.1. The molecular formula is C21H27N3O2S. The van der Waals surface area contributed by atoms with Crippen LogP contribution in [-0.2, 0) is 4.74 Å². The first-order chi connectivity index (χ1) is 13.1. The van der Waals surface area contributed by atoms with E-state index in [1.54, 1.807) is 25.1 Å². The minimum atomic E-state index is 0.0711. The number of aromatic nitrogens is 1. The van der Waals surface area contributed by atoms with Crippen molar-refractivity contribution in [1.29, 1.82) is 0 Å². The number of rotatable bonds is 6. The van der Waals surface area contributed by atoms with Crippen molar-refractivity contribution in [3.63, 3.8) is 0 Å². The van der Waals surface area contributed by atoms with E-state index in [0.717, 1.165) is 49.3 Å². The van der Waals surface area contributed by atoms with Crippen LogP contribution in [0.1, 0.15) is 21.5 Å². The molecule has 0 unspecified atom stereocenters. The van der Waals surface area contributed by atoms with Crippen LogP contribution in [0.5, 0.6) is 0 Å². The van der Waals surface area contributed by atoms with E-state index in [-0.39, 0.29) is 5.91 Å². The highest BCUT2D eigenvalue weighted by Gasteiger charge is 2.24. The fourth-order valence-electron chi connectivity index (χ4n) is 3.22. The maximum atomic E-state index is 13.1. The van der Waals surface area contributed by atoms with Gasteiger partial charge in [-0.3, -0.25) is 9.69 Å². The molecular weight excluding hydrogens is 358 g/mol. The van der Waals surface area contributed by atoms with Crippen LogP contribution in [0, 0.1) is 13.8 Å². The Morgan fingerprint density at radius 3 is 2.67 bits per heavy atom. The highest BCUT2D eigenvalue weighted by molar-refractivity contribution is 7.99. The van der Waals surface area contributed by atoms with Gasteiger partial charge in [-0.05, 0) is 37.6 Å². The zero-order valence-corrected chi connectivity index (χ0v) is 17.1. The van der Waals surface area contributed by atoms with Gasteiger partial charge in [-0.25, -0.2) is 4.98 Å². The lowest BCUT2D eigenvalue weighted by Crippen LogP contribution is -2.49. The minimum Gasteiger partial charge on any atom is -0.383 e. The van der Waals surface area contributed by atoms with Crippen molar-refractivity contribution < 1.29 is 9.53 Å². The molecule has 27 heavy (non-hydrogen) atoms. The molecule has 6 heteroatoms. The van der Waals surface area contributed by atoms with Crippen LogP contribution in [0.4, 0.5) is 0 Å². The first-order valence-electron chi connectivity index (χ1n) is 9.29. The Kier molecular flexibility index (Phi) is 6.88. The molecule has 1 aromatic heterocycles. The lowest BCUT2D eigenvalue weighted by Gasteiger charge is -2.34. The van der Waals surface area contributed by atoms with Crippen molar-refractivity contribution in [3.8, 4) is 0 Å². The van der Waals surface area contributed by atoms with E-state index < -0.39 is 0 Å². The first-order valence-corrected chi connectivity index (χ1v) is 10.1. The number of benzene rings is 1. The van der Waals surface area contributed by atoms with Gasteiger partial charge in [0.05, 0.1) is 12.2 Å². The van der Waals surface area contributed by atoms with Crippen LogP contribution in [0.2, 0.25) is 0 Å². The molecule has 1 aliphatic heterocycles. The molecule has 5 nitrogen and oxygen atoms in total. The molecule has 3 rings (SSSR count). The van der Waals surface area contributed by atoms with Crippen LogP contribution >= 0.6 is 11.8 Å². The summed E-state index contributed by atoms with van der Waals surface area (Å²) in [6.45, 7) is 9.08. The topological polar surface area (TPSA) is 45.7 Å². The second kappa shape index (κ2) is 9.35. The molecule has 1 aromatic carbocycles. The number of pyridine rings is 1. The lowest BCUT2D eigenvalue weighted by atomic mass is 10.2. The molecule has 1 amide bonds. The van der Waals surface area contributed by atoms with E-state index in [0.29, 0.717) is 5.56 Å². The van der Waals surface area contributed by atoms with Crippen molar-refractivity contribution in [3.05, 3.63) is 53.2 Å². The van der Waals surface area contributed by atoms with E-state index in [1.807, 2.05) is 17.0 Å². The highest BCUT2D eigenvalue weighted by Crippen LogP contribution is 2.32. The average Bonchev–Trinajstić information content (AvgIpc) is 2.69. The summed E-state index contributed by atoms with van der Waals surface area (Å²) in [5.41, 5.74) is 3.13. The van der Waals surface area contributed by atoms with Crippen molar-refractivity contribution in [2.24, 2.45) is 0 Å². The second-order valence-electron chi connectivity index (χ2n) is 6.85. The predicted octanol–water partition coefficient (Wildman–Crippen LogP) is 3.25. The molecule has 0 saturated carbocycles. The maximum Gasteiger partial charge on any atom is 0.256 e. The third kappa shape index (κ3) is 5.09. The highest BCUT2D eigenvalue weighted by atomic mass is 32.2. The fourth-order valence-corrected chi connectivity index (χ4v) is 4.16. The van der Waals surface area contributed by atoms with E-state index in [4.69, 9.17) is 4.74 Å². The Labute approximate surface area is 165 Å². The van der Waals surface area contributed by atoms with Crippen LogP contribution in [0.25, 0.3) is 0 Å². The molecule has 1 aliphatic rings. The number of amides is 1. The van der Waals surface area contributed by atoms with Gasteiger partial charge in [0.2, 0.25) is 0 Å². The summed E-state index contributed by atoms with van der Waals surface area (Å²) < 4.78 is 5.14. The number of methoxy groups -OCH3 is 1. The Morgan fingerprint density at radius 1 is 1.19 bits per heavy atom. The van der Waals surface area contributed by atoms with Crippen molar-refractivity contribution >= 4 is 17.7 Å². The predicted molar refractivity (Wildman–Crippen MR) is 108 cm³/mol. The molecule has 0 N–H and O–H groups in total. The number of carbonyl (C=O) groups excluding carboxylic acids is 1. The molecule has 144 valence electrons. The third-order valence-corrected chi connectivity index (χ3v) is 6.01. The number of hydrogen-bond acceptors (Lipinski definition) is 5. The molecule has 1 fully saturated rings. The van der Waals surface area contributed by atoms with Crippen molar-refractivity contribution in [2.75, 3.05) is 46.4 Å². The summed E-state index contributed by atoms with van der Waals surface area (Å²) in [6, 6.07) is 10.1. The second-order valence-corrected chi connectivity index (χ2v) is 7.88. The summed E-state index contributed by atoms with van der Waals surface area (Å²) in [6.07, 6.45) is 1.76. The van der Waals surface area contributed by atoms with Crippen LogP contribution < -0.4 is 0 Å². The van der Waals surface area contributed by atoms with Crippen LogP contribution in [0.15, 0.2) is 46.5 Å². The van der Waals surface area contributed by atoms with Crippen LogP contribution in [-0.4, -0.2) is 67.1 Å². The van der Waals surface area contributed by atoms with Crippen molar-refractivity contribution in [2.45, 2.75) is 23.8 Å². The van der Waals surface area contributed by atoms with Gasteiger partial charge in [0.25, 0.3) is 5.91 Å². The van der Waals surface area contributed by atoms with E-state index >= 15 is 0 Å². The number of ether oxygens (including phenoxy) is 1. The largest absolute Gasteiger partial charge is 0.383 e. The first kappa shape index (κ1) is 19.9. The van der Waals surface area contributed by atoms with Gasteiger partial charge in [-0.2, -0.15) is 0 Å². The van der Waals surface area contributed by atoms with E-state index in [9.17, 15) is 4.79 Å². The van der Waals surface area contributed by atoms with Crippen molar-refractivity contribution in [1.82, 2.24) is 14.8 Å². The quantitative estimate of drug-likeness (QED) is 0.764. The normalized spacial score (nSPS) is 15.1. The minimum absolute atomic E-state index is 0.0711. The van der Waals surface area contributed by atoms with Gasteiger partial charge in [-0.15, -0.1) is 0 Å². The zero-order valence-electron chi connectivity index (χ0n) is 16.3. The fraction of sp³-hybridized carbons (Fsp3) is 0.429. The van der Waals surface area contributed by atoms with Gasteiger partial charge in [0, 0.05) is 50.9 Å². The number of piperazine rings is 1. The average molecular weight is 386 g/mol.